The Morgan fingerprint density at radius 3 is 2.35 bits per heavy atom. The topological polar surface area (TPSA) is 55.4 Å². The SMILES string of the molecule is COc1ccc(CO[C@H](CS)[C@H]2O[C@@H]3OC(C)(C)O[C@@H]3[C@H]2OCc2ccccc2)cc1. The standard InChI is InChI=1S/C24H30O6S/c1-24(2)29-22-21(27-14-16-7-5-4-6-8-16)20(28-23(22)30-24)19(15-31)26-13-17-9-11-18(25-3)12-10-17/h4-12,19-23,31H,13-15H2,1-3H3/t19-,20-,21+,22-,23-/m1/s1. The summed E-state index contributed by atoms with van der Waals surface area (Å²) in [5.74, 6) is 0.580. The number of hydrogen-bond acceptors (Lipinski definition) is 7. The molecule has 2 aromatic rings. The van der Waals surface area contributed by atoms with Crippen molar-refractivity contribution in [2.75, 3.05) is 12.9 Å². The minimum absolute atomic E-state index is 0.285. The van der Waals surface area contributed by atoms with Crippen molar-refractivity contribution in [2.45, 2.75) is 63.6 Å². The Morgan fingerprint density at radius 2 is 1.68 bits per heavy atom. The number of ether oxygens (including phenoxy) is 6. The van der Waals surface area contributed by atoms with Crippen LogP contribution in [0.4, 0.5) is 0 Å². The maximum Gasteiger partial charge on any atom is 0.190 e. The van der Waals surface area contributed by atoms with Gasteiger partial charge in [-0.2, -0.15) is 12.6 Å². The molecule has 2 aliphatic heterocycles. The largest absolute Gasteiger partial charge is 0.497 e. The van der Waals surface area contributed by atoms with Crippen LogP contribution < -0.4 is 4.74 Å². The van der Waals surface area contributed by atoms with Crippen LogP contribution in [0.15, 0.2) is 54.6 Å². The normalized spacial score (nSPS) is 27.7. The number of thiol groups is 1. The lowest BCUT2D eigenvalue weighted by Crippen LogP contribution is -2.44. The quantitative estimate of drug-likeness (QED) is 0.589. The van der Waals surface area contributed by atoms with Crippen LogP contribution in [0.5, 0.6) is 5.75 Å². The van der Waals surface area contributed by atoms with Crippen LogP contribution in [-0.2, 0) is 36.9 Å². The van der Waals surface area contributed by atoms with Gasteiger partial charge in [0.25, 0.3) is 0 Å². The minimum Gasteiger partial charge on any atom is -0.497 e. The first-order valence-electron chi connectivity index (χ1n) is 10.5. The van der Waals surface area contributed by atoms with Crippen molar-refractivity contribution in [1.29, 1.82) is 0 Å². The second-order valence-corrected chi connectivity index (χ2v) is 8.58. The summed E-state index contributed by atoms with van der Waals surface area (Å²) in [7, 11) is 1.65. The monoisotopic (exact) mass is 446 g/mol. The molecule has 0 saturated carbocycles. The average Bonchev–Trinajstić information content (AvgIpc) is 3.25. The molecule has 5 atom stereocenters. The zero-order chi connectivity index (χ0) is 21.8. The molecule has 0 N–H and O–H groups in total. The van der Waals surface area contributed by atoms with E-state index in [4.69, 9.17) is 28.4 Å². The first-order valence-corrected chi connectivity index (χ1v) is 11.1. The highest BCUT2D eigenvalue weighted by Gasteiger charge is 2.57. The fourth-order valence-electron chi connectivity index (χ4n) is 3.94. The van der Waals surface area contributed by atoms with Crippen LogP contribution in [0.25, 0.3) is 0 Å². The van der Waals surface area contributed by atoms with Crippen molar-refractivity contribution < 1.29 is 28.4 Å². The molecule has 6 nitrogen and oxygen atoms in total. The average molecular weight is 447 g/mol. The summed E-state index contributed by atoms with van der Waals surface area (Å²) in [6, 6.07) is 17.9. The van der Waals surface area contributed by atoms with Crippen LogP contribution in [-0.4, -0.2) is 49.4 Å². The smallest absolute Gasteiger partial charge is 0.190 e. The third kappa shape index (κ3) is 5.42. The molecule has 4 rings (SSSR count). The number of hydrogen-bond donors (Lipinski definition) is 1. The van der Waals surface area contributed by atoms with Crippen molar-refractivity contribution >= 4 is 12.6 Å². The molecular weight excluding hydrogens is 416 g/mol. The highest BCUT2D eigenvalue weighted by Crippen LogP contribution is 2.40. The van der Waals surface area contributed by atoms with Gasteiger partial charge in [-0.1, -0.05) is 42.5 Å². The molecule has 0 aromatic heterocycles. The molecule has 2 aromatic carbocycles. The summed E-state index contributed by atoms with van der Waals surface area (Å²) in [4.78, 5) is 0. The summed E-state index contributed by atoms with van der Waals surface area (Å²) in [5.41, 5.74) is 2.13. The summed E-state index contributed by atoms with van der Waals surface area (Å²) in [6.45, 7) is 4.65. The number of methoxy groups -OCH3 is 1. The van der Waals surface area contributed by atoms with E-state index in [1.807, 2.05) is 68.4 Å². The third-order valence-electron chi connectivity index (χ3n) is 5.48. The van der Waals surface area contributed by atoms with Gasteiger partial charge in [-0.15, -0.1) is 0 Å². The van der Waals surface area contributed by atoms with E-state index in [0.29, 0.717) is 19.0 Å². The van der Waals surface area contributed by atoms with Gasteiger partial charge in [0.05, 0.1) is 26.4 Å². The number of rotatable bonds is 9. The van der Waals surface area contributed by atoms with Gasteiger partial charge in [0.15, 0.2) is 12.1 Å². The van der Waals surface area contributed by atoms with Crippen molar-refractivity contribution in [1.82, 2.24) is 0 Å². The predicted octanol–water partition coefficient (Wildman–Crippen LogP) is 3.97. The van der Waals surface area contributed by atoms with Gasteiger partial charge < -0.3 is 28.4 Å². The van der Waals surface area contributed by atoms with E-state index in [2.05, 4.69) is 12.6 Å². The molecule has 0 spiro atoms. The van der Waals surface area contributed by atoms with Gasteiger partial charge in [-0.05, 0) is 37.1 Å². The molecule has 31 heavy (non-hydrogen) atoms. The second-order valence-electron chi connectivity index (χ2n) is 8.21. The zero-order valence-electron chi connectivity index (χ0n) is 18.1. The summed E-state index contributed by atoms with van der Waals surface area (Å²) in [5, 5.41) is 0. The van der Waals surface area contributed by atoms with Gasteiger partial charge >= 0.3 is 0 Å². The van der Waals surface area contributed by atoms with E-state index in [0.717, 1.165) is 16.9 Å². The molecule has 0 amide bonds. The van der Waals surface area contributed by atoms with E-state index < -0.39 is 12.1 Å². The van der Waals surface area contributed by atoms with Gasteiger partial charge in [0.1, 0.15) is 24.1 Å². The molecule has 0 bridgehead atoms. The Labute approximate surface area is 189 Å². The maximum atomic E-state index is 6.31. The van der Waals surface area contributed by atoms with E-state index >= 15 is 0 Å². The van der Waals surface area contributed by atoms with Crippen LogP contribution in [0, 0.1) is 0 Å². The van der Waals surface area contributed by atoms with Crippen LogP contribution in [0.3, 0.4) is 0 Å². The highest BCUT2D eigenvalue weighted by atomic mass is 32.1. The van der Waals surface area contributed by atoms with Crippen molar-refractivity contribution in [3.63, 3.8) is 0 Å². The van der Waals surface area contributed by atoms with Crippen molar-refractivity contribution in [3.05, 3.63) is 65.7 Å². The van der Waals surface area contributed by atoms with E-state index in [1.165, 1.54) is 0 Å². The lowest BCUT2D eigenvalue weighted by atomic mass is 10.1. The molecule has 2 fully saturated rings. The first-order chi connectivity index (χ1) is 15.0. The van der Waals surface area contributed by atoms with Crippen molar-refractivity contribution in [2.24, 2.45) is 0 Å². The molecule has 2 aliphatic rings. The van der Waals surface area contributed by atoms with Gasteiger partial charge in [-0.3, -0.25) is 0 Å². The third-order valence-corrected chi connectivity index (χ3v) is 5.84. The Bertz CT molecular complexity index is 828. The summed E-state index contributed by atoms with van der Waals surface area (Å²) in [6.07, 6.45) is -1.79. The lowest BCUT2D eigenvalue weighted by Gasteiger charge is -2.30. The molecule has 0 aliphatic carbocycles. The van der Waals surface area contributed by atoms with E-state index in [-0.39, 0.29) is 24.4 Å². The summed E-state index contributed by atoms with van der Waals surface area (Å²) < 4.78 is 36.0. The molecule has 7 heteroatoms. The van der Waals surface area contributed by atoms with Crippen molar-refractivity contribution in [3.8, 4) is 5.75 Å². The molecule has 168 valence electrons. The van der Waals surface area contributed by atoms with Gasteiger partial charge in [0.2, 0.25) is 0 Å². The van der Waals surface area contributed by atoms with E-state index in [1.54, 1.807) is 7.11 Å². The number of benzene rings is 2. The Hall–Kier alpha value is -1.61. The Balaban J connectivity index is 1.45. The Morgan fingerprint density at radius 1 is 0.968 bits per heavy atom. The maximum absolute atomic E-state index is 6.31. The zero-order valence-corrected chi connectivity index (χ0v) is 19.0. The highest BCUT2D eigenvalue weighted by molar-refractivity contribution is 7.80. The molecule has 2 saturated heterocycles. The fraction of sp³-hybridized carbons (Fsp3) is 0.500. The van der Waals surface area contributed by atoms with E-state index in [9.17, 15) is 0 Å². The Kier molecular flexibility index (Phi) is 7.21. The molecule has 0 unspecified atom stereocenters. The van der Waals surface area contributed by atoms with Gasteiger partial charge in [-0.25, -0.2) is 0 Å². The molecule has 0 radical (unpaired) electrons. The second kappa shape index (κ2) is 9.90. The summed E-state index contributed by atoms with van der Waals surface area (Å²) >= 11 is 4.53. The molecule has 2 heterocycles. The predicted molar refractivity (Wildman–Crippen MR) is 119 cm³/mol. The minimum atomic E-state index is -0.713. The fourth-order valence-corrected chi connectivity index (χ4v) is 4.25. The number of fused-ring (bicyclic) bond motifs is 1. The van der Waals surface area contributed by atoms with Crippen LogP contribution in [0.1, 0.15) is 25.0 Å². The van der Waals surface area contributed by atoms with Crippen LogP contribution >= 0.6 is 12.6 Å². The first kappa shape index (κ1) is 22.6. The lowest BCUT2D eigenvalue weighted by molar-refractivity contribution is -0.232. The van der Waals surface area contributed by atoms with Crippen LogP contribution in [0.2, 0.25) is 0 Å². The van der Waals surface area contributed by atoms with Gasteiger partial charge in [0, 0.05) is 5.75 Å². The molecular formula is C24H30O6S.